The van der Waals surface area contributed by atoms with Gasteiger partial charge in [0, 0.05) is 18.7 Å². The smallest absolute Gasteiger partial charge is 0.260 e. The first-order valence-electron chi connectivity index (χ1n) is 10.7. The van der Waals surface area contributed by atoms with E-state index in [9.17, 15) is 4.79 Å². The van der Waals surface area contributed by atoms with Crippen LogP contribution in [0.25, 0.3) is 10.2 Å². The summed E-state index contributed by atoms with van der Waals surface area (Å²) >= 11 is 1.51. The van der Waals surface area contributed by atoms with Gasteiger partial charge in [-0.3, -0.25) is 9.69 Å². The number of rotatable bonds is 11. The number of nitrogens with zero attached hydrogens (tertiary/aromatic N) is 3. The normalized spacial score (nSPS) is 11.1. The first-order valence-corrected chi connectivity index (χ1v) is 11.6. The number of carbonyl (C=O) groups excluding carboxylic acids is 1. The zero-order valence-corrected chi connectivity index (χ0v) is 19.6. The number of likely N-dealkylation sites (N-methyl/N-ethyl adjacent to an activating group) is 1. The highest BCUT2D eigenvalue weighted by atomic mass is 32.1. The van der Waals surface area contributed by atoms with Crippen LogP contribution < -0.4 is 14.4 Å². The predicted octanol–water partition coefficient (Wildman–Crippen LogP) is 5.08. The van der Waals surface area contributed by atoms with E-state index in [1.54, 1.807) is 4.90 Å². The highest BCUT2D eigenvalue weighted by Crippen LogP contribution is 2.32. The SMILES string of the molecule is CCCCOc1ccc(C(=O)N(CCN(C)C)c2nc3ccc(OCC)cc3s2)cc1. The van der Waals surface area contributed by atoms with Crippen molar-refractivity contribution in [3.05, 3.63) is 48.0 Å². The van der Waals surface area contributed by atoms with Crippen molar-refractivity contribution in [2.45, 2.75) is 26.7 Å². The Kier molecular flexibility index (Phi) is 8.26. The molecule has 0 saturated heterocycles. The lowest BCUT2D eigenvalue weighted by atomic mass is 10.2. The molecule has 0 radical (unpaired) electrons. The summed E-state index contributed by atoms with van der Waals surface area (Å²) in [6.07, 6.45) is 2.10. The Bertz CT molecular complexity index is 985. The van der Waals surface area contributed by atoms with Crippen LogP contribution in [-0.2, 0) is 0 Å². The molecule has 31 heavy (non-hydrogen) atoms. The number of ether oxygens (including phenoxy) is 2. The van der Waals surface area contributed by atoms with Gasteiger partial charge in [-0.1, -0.05) is 24.7 Å². The van der Waals surface area contributed by atoms with Gasteiger partial charge in [0.25, 0.3) is 5.91 Å². The Hall–Kier alpha value is -2.64. The minimum atomic E-state index is -0.0638. The number of unbranched alkanes of at least 4 members (excludes halogenated alkanes) is 1. The van der Waals surface area contributed by atoms with E-state index >= 15 is 0 Å². The molecule has 0 bridgehead atoms. The monoisotopic (exact) mass is 441 g/mol. The maximum absolute atomic E-state index is 13.4. The second kappa shape index (κ2) is 11.1. The van der Waals surface area contributed by atoms with Crippen molar-refractivity contribution in [1.29, 1.82) is 0 Å². The summed E-state index contributed by atoms with van der Waals surface area (Å²) in [5.41, 5.74) is 1.49. The Morgan fingerprint density at radius 1 is 1.00 bits per heavy atom. The molecule has 0 fully saturated rings. The third-order valence-electron chi connectivity index (χ3n) is 4.77. The second-order valence-corrected chi connectivity index (χ2v) is 8.55. The number of amides is 1. The molecule has 0 aliphatic heterocycles. The molecular formula is C24H31N3O3S. The van der Waals surface area contributed by atoms with E-state index < -0.39 is 0 Å². The lowest BCUT2D eigenvalue weighted by Gasteiger charge is -2.22. The highest BCUT2D eigenvalue weighted by molar-refractivity contribution is 7.22. The van der Waals surface area contributed by atoms with Crippen LogP contribution in [-0.4, -0.2) is 56.2 Å². The van der Waals surface area contributed by atoms with Crippen molar-refractivity contribution in [1.82, 2.24) is 9.88 Å². The third kappa shape index (κ3) is 6.18. The number of hydrogen-bond acceptors (Lipinski definition) is 6. The van der Waals surface area contributed by atoms with Crippen molar-refractivity contribution < 1.29 is 14.3 Å². The number of carbonyl (C=O) groups is 1. The predicted molar refractivity (Wildman–Crippen MR) is 128 cm³/mol. The average Bonchev–Trinajstić information content (AvgIpc) is 3.17. The number of thiazole rings is 1. The molecule has 1 heterocycles. The number of aromatic nitrogens is 1. The number of benzene rings is 2. The molecule has 0 unspecified atom stereocenters. The Morgan fingerprint density at radius 3 is 2.42 bits per heavy atom. The number of hydrogen-bond donors (Lipinski definition) is 0. The van der Waals surface area contributed by atoms with Crippen molar-refractivity contribution >= 4 is 32.6 Å². The molecule has 0 aliphatic rings. The zero-order chi connectivity index (χ0) is 22.2. The lowest BCUT2D eigenvalue weighted by Crippen LogP contribution is -2.36. The highest BCUT2D eigenvalue weighted by Gasteiger charge is 2.21. The summed E-state index contributed by atoms with van der Waals surface area (Å²) in [5.74, 6) is 1.54. The van der Waals surface area contributed by atoms with Gasteiger partial charge in [0.15, 0.2) is 5.13 Å². The molecule has 0 aliphatic carbocycles. The van der Waals surface area contributed by atoms with Gasteiger partial charge in [0.05, 0.1) is 23.4 Å². The van der Waals surface area contributed by atoms with Crippen LogP contribution in [0.1, 0.15) is 37.0 Å². The summed E-state index contributed by atoms with van der Waals surface area (Å²) < 4.78 is 12.3. The second-order valence-electron chi connectivity index (χ2n) is 7.55. The molecule has 7 heteroatoms. The van der Waals surface area contributed by atoms with Gasteiger partial charge in [0.1, 0.15) is 11.5 Å². The molecule has 166 valence electrons. The molecule has 0 spiro atoms. The fraction of sp³-hybridized carbons (Fsp3) is 0.417. The van der Waals surface area contributed by atoms with Crippen LogP contribution in [0.3, 0.4) is 0 Å². The maximum Gasteiger partial charge on any atom is 0.260 e. The van der Waals surface area contributed by atoms with E-state index in [0.29, 0.717) is 30.5 Å². The van der Waals surface area contributed by atoms with Crippen molar-refractivity contribution in [3.63, 3.8) is 0 Å². The Morgan fingerprint density at radius 2 is 1.74 bits per heavy atom. The van der Waals surface area contributed by atoms with E-state index in [4.69, 9.17) is 14.5 Å². The first-order chi connectivity index (χ1) is 15.0. The quantitative estimate of drug-likeness (QED) is 0.388. The number of anilines is 1. The van der Waals surface area contributed by atoms with Crippen molar-refractivity contribution in [2.75, 3.05) is 45.3 Å². The van der Waals surface area contributed by atoms with E-state index in [2.05, 4.69) is 11.8 Å². The minimum Gasteiger partial charge on any atom is -0.494 e. The van der Waals surface area contributed by atoms with Crippen molar-refractivity contribution in [3.8, 4) is 11.5 Å². The van der Waals surface area contributed by atoms with Crippen LogP contribution in [0, 0.1) is 0 Å². The van der Waals surface area contributed by atoms with Crippen LogP contribution in [0.2, 0.25) is 0 Å². The van der Waals surface area contributed by atoms with Gasteiger partial charge >= 0.3 is 0 Å². The molecule has 0 atom stereocenters. The van der Waals surface area contributed by atoms with Crippen LogP contribution in [0.4, 0.5) is 5.13 Å². The molecule has 2 aromatic carbocycles. The summed E-state index contributed by atoms with van der Waals surface area (Å²) in [6.45, 7) is 6.69. The van der Waals surface area contributed by atoms with Crippen LogP contribution in [0.15, 0.2) is 42.5 Å². The number of fused-ring (bicyclic) bond motifs is 1. The fourth-order valence-electron chi connectivity index (χ4n) is 3.03. The lowest BCUT2D eigenvalue weighted by molar-refractivity contribution is 0.0985. The van der Waals surface area contributed by atoms with Gasteiger partial charge in [0.2, 0.25) is 0 Å². The van der Waals surface area contributed by atoms with Gasteiger partial charge in [-0.05, 0) is 69.9 Å². The maximum atomic E-state index is 13.4. The third-order valence-corrected chi connectivity index (χ3v) is 5.82. The Balaban J connectivity index is 1.84. The van der Waals surface area contributed by atoms with E-state index in [-0.39, 0.29) is 5.91 Å². The first kappa shape index (κ1) is 23.0. The van der Waals surface area contributed by atoms with Gasteiger partial charge in [-0.15, -0.1) is 0 Å². The molecule has 0 saturated carbocycles. The molecule has 3 rings (SSSR count). The van der Waals surface area contributed by atoms with Crippen LogP contribution in [0.5, 0.6) is 11.5 Å². The van der Waals surface area contributed by atoms with Crippen LogP contribution >= 0.6 is 11.3 Å². The van der Waals surface area contributed by atoms with Crippen molar-refractivity contribution in [2.24, 2.45) is 0 Å². The van der Waals surface area contributed by atoms with E-state index in [1.165, 1.54) is 11.3 Å². The summed E-state index contributed by atoms with van der Waals surface area (Å²) in [6, 6.07) is 13.2. The zero-order valence-electron chi connectivity index (χ0n) is 18.8. The largest absolute Gasteiger partial charge is 0.494 e. The molecule has 1 amide bonds. The molecule has 6 nitrogen and oxygen atoms in total. The molecular weight excluding hydrogens is 410 g/mol. The molecule has 3 aromatic rings. The topological polar surface area (TPSA) is 54.9 Å². The van der Waals surface area contributed by atoms with Gasteiger partial charge in [-0.2, -0.15) is 0 Å². The average molecular weight is 442 g/mol. The van der Waals surface area contributed by atoms with Gasteiger partial charge in [-0.25, -0.2) is 4.98 Å². The summed E-state index contributed by atoms with van der Waals surface area (Å²) in [4.78, 5) is 21.9. The Labute approximate surface area is 188 Å². The van der Waals surface area contributed by atoms with Gasteiger partial charge < -0.3 is 14.4 Å². The molecule has 1 aromatic heterocycles. The molecule has 0 N–H and O–H groups in total. The summed E-state index contributed by atoms with van der Waals surface area (Å²) in [5, 5.41) is 0.693. The minimum absolute atomic E-state index is 0.0638. The summed E-state index contributed by atoms with van der Waals surface area (Å²) in [7, 11) is 4.00. The van der Waals surface area contributed by atoms with E-state index in [0.717, 1.165) is 41.1 Å². The standard InChI is InChI=1S/C24H31N3O3S/c1-5-7-16-30-19-10-8-18(9-11-19)23(28)27(15-14-26(3)4)24-25-21-13-12-20(29-6-2)17-22(21)31-24/h8-13,17H,5-7,14-16H2,1-4H3. The van der Waals surface area contributed by atoms with E-state index in [1.807, 2.05) is 63.5 Å². The fourth-order valence-corrected chi connectivity index (χ4v) is 4.05.